The van der Waals surface area contributed by atoms with Gasteiger partial charge in [-0.05, 0) is 30.9 Å². The summed E-state index contributed by atoms with van der Waals surface area (Å²) in [5.74, 6) is -0.243. The number of sulfonamides is 1. The van der Waals surface area contributed by atoms with Crippen molar-refractivity contribution in [3.8, 4) is 0 Å². The van der Waals surface area contributed by atoms with Gasteiger partial charge >= 0.3 is 0 Å². The van der Waals surface area contributed by atoms with E-state index < -0.39 is 10.0 Å². The van der Waals surface area contributed by atoms with E-state index in [2.05, 4.69) is 5.32 Å². The molecule has 0 radical (unpaired) electrons. The van der Waals surface area contributed by atoms with E-state index in [0.717, 1.165) is 49.7 Å². The van der Waals surface area contributed by atoms with Crippen LogP contribution < -0.4 is 5.32 Å². The van der Waals surface area contributed by atoms with Gasteiger partial charge in [-0.3, -0.25) is 4.79 Å². The van der Waals surface area contributed by atoms with Crippen LogP contribution in [0.25, 0.3) is 0 Å². The Labute approximate surface area is 145 Å². The van der Waals surface area contributed by atoms with E-state index in [1.54, 1.807) is 0 Å². The number of nitrogens with zero attached hydrogens (tertiary/aromatic N) is 1. The zero-order chi connectivity index (χ0) is 17.6. The number of carbonyl (C=O) groups excluding carboxylic acids is 1. The lowest BCUT2D eigenvalue weighted by molar-refractivity contribution is -0.121. The molecule has 0 unspecified atom stereocenters. The highest BCUT2D eigenvalue weighted by Gasteiger charge is 2.29. The zero-order valence-corrected chi connectivity index (χ0v) is 15.4. The second-order valence-electron chi connectivity index (χ2n) is 6.66. The van der Waals surface area contributed by atoms with Gasteiger partial charge in [-0.2, -0.15) is 4.31 Å². The molecule has 1 fully saturated rings. The molecule has 0 saturated heterocycles. The van der Waals surface area contributed by atoms with Crippen LogP contribution in [0.1, 0.15) is 49.7 Å². The Morgan fingerprint density at radius 3 is 2.38 bits per heavy atom. The Balaban J connectivity index is 1.98. The van der Waals surface area contributed by atoms with Gasteiger partial charge in [0.05, 0.1) is 12.8 Å². The van der Waals surface area contributed by atoms with Gasteiger partial charge in [-0.15, -0.1) is 0 Å². The van der Waals surface area contributed by atoms with Crippen LogP contribution in [0, 0.1) is 6.92 Å². The van der Waals surface area contributed by atoms with Crippen LogP contribution in [-0.2, 0) is 21.4 Å². The maximum absolute atomic E-state index is 12.3. The van der Waals surface area contributed by atoms with Gasteiger partial charge < -0.3 is 5.32 Å². The maximum atomic E-state index is 12.3. The van der Waals surface area contributed by atoms with Gasteiger partial charge in [-0.25, -0.2) is 8.42 Å². The van der Waals surface area contributed by atoms with E-state index in [1.807, 2.05) is 31.2 Å². The fraction of sp³-hybridized carbons (Fsp3) is 0.611. The molecule has 1 aliphatic rings. The van der Waals surface area contributed by atoms with E-state index in [9.17, 15) is 13.2 Å². The molecule has 0 aliphatic heterocycles. The van der Waals surface area contributed by atoms with Crippen molar-refractivity contribution in [1.29, 1.82) is 0 Å². The third-order valence-corrected chi connectivity index (χ3v) is 5.97. The first-order valence-electron chi connectivity index (χ1n) is 8.66. The molecule has 5 nitrogen and oxygen atoms in total. The van der Waals surface area contributed by atoms with E-state index in [1.165, 1.54) is 10.6 Å². The van der Waals surface area contributed by atoms with Gasteiger partial charge in [-0.1, -0.05) is 49.9 Å². The monoisotopic (exact) mass is 352 g/mol. The summed E-state index contributed by atoms with van der Waals surface area (Å²) in [7, 11) is -3.39. The van der Waals surface area contributed by atoms with Crippen molar-refractivity contribution in [2.24, 2.45) is 0 Å². The van der Waals surface area contributed by atoms with Crippen LogP contribution in [0.15, 0.2) is 24.3 Å². The minimum atomic E-state index is -3.39. The minimum absolute atomic E-state index is 0.0493. The molecule has 0 aromatic heterocycles. The first kappa shape index (κ1) is 18.9. The van der Waals surface area contributed by atoms with Gasteiger partial charge in [0.25, 0.3) is 0 Å². The number of hydrogen-bond donors (Lipinski definition) is 1. The molecule has 1 amide bonds. The molecule has 1 aliphatic carbocycles. The third kappa shape index (κ3) is 5.60. The van der Waals surface area contributed by atoms with E-state index in [4.69, 9.17) is 0 Å². The number of carbonyl (C=O) groups is 1. The molecule has 1 aromatic rings. The molecule has 6 heteroatoms. The van der Waals surface area contributed by atoms with Crippen molar-refractivity contribution in [2.75, 3.05) is 12.8 Å². The molecule has 0 spiro atoms. The van der Waals surface area contributed by atoms with E-state index in [-0.39, 0.29) is 18.5 Å². The summed E-state index contributed by atoms with van der Waals surface area (Å²) < 4.78 is 25.7. The molecule has 0 atom stereocenters. The summed E-state index contributed by atoms with van der Waals surface area (Å²) in [6, 6.07) is 7.80. The van der Waals surface area contributed by atoms with Crippen LogP contribution in [0.2, 0.25) is 0 Å². The van der Waals surface area contributed by atoms with Crippen molar-refractivity contribution in [2.45, 2.75) is 58.0 Å². The summed E-state index contributed by atoms with van der Waals surface area (Å²) in [5, 5.41) is 2.85. The summed E-state index contributed by atoms with van der Waals surface area (Å²) >= 11 is 0. The topological polar surface area (TPSA) is 66.5 Å². The first-order chi connectivity index (χ1) is 11.4. The highest BCUT2D eigenvalue weighted by atomic mass is 32.2. The standard InChI is InChI=1S/C18H28N2O3S/c1-15-9-7-8-10-16(15)13-19-18(21)14-20(24(2,22)23)17-11-5-3-4-6-12-17/h7-10,17H,3-6,11-14H2,1-2H3,(H,19,21). The molecular weight excluding hydrogens is 324 g/mol. The van der Waals surface area contributed by atoms with Crippen LogP contribution >= 0.6 is 0 Å². The number of rotatable bonds is 6. The fourth-order valence-corrected chi connectivity index (χ4v) is 4.37. The fourth-order valence-electron chi connectivity index (χ4n) is 3.26. The molecule has 0 heterocycles. The lowest BCUT2D eigenvalue weighted by Gasteiger charge is -2.28. The molecular formula is C18H28N2O3S. The minimum Gasteiger partial charge on any atom is -0.351 e. The molecule has 2 rings (SSSR count). The number of benzene rings is 1. The van der Waals surface area contributed by atoms with Gasteiger partial charge in [0.15, 0.2) is 0 Å². The average Bonchev–Trinajstić information content (AvgIpc) is 2.79. The molecule has 0 bridgehead atoms. The van der Waals surface area contributed by atoms with E-state index in [0.29, 0.717) is 6.54 Å². The second-order valence-corrected chi connectivity index (χ2v) is 8.59. The summed E-state index contributed by atoms with van der Waals surface area (Å²) in [5.41, 5.74) is 2.16. The number of amides is 1. The number of hydrogen-bond acceptors (Lipinski definition) is 3. The Kier molecular flexibility index (Phi) is 6.80. The Bertz CT molecular complexity index is 650. The Morgan fingerprint density at radius 1 is 1.17 bits per heavy atom. The van der Waals surface area contributed by atoms with Crippen molar-refractivity contribution < 1.29 is 13.2 Å². The smallest absolute Gasteiger partial charge is 0.235 e. The highest BCUT2D eigenvalue weighted by Crippen LogP contribution is 2.23. The van der Waals surface area contributed by atoms with Gasteiger partial charge in [0.2, 0.25) is 15.9 Å². The largest absolute Gasteiger partial charge is 0.351 e. The van der Waals surface area contributed by atoms with Gasteiger partial charge in [0, 0.05) is 12.6 Å². The molecule has 1 N–H and O–H groups in total. The lowest BCUT2D eigenvalue weighted by atomic mass is 10.1. The summed E-state index contributed by atoms with van der Waals surface area (Å²) in [6.07, 6.45) is 7.24. The van der Waals surface area contributed by atoms with Crippen molar-refractivity contribution >= 4 is 15.9 Å². The SMILES string of the molecule is Cc1ccccc1CNC(=O)CN(C1CCCCCC1)S(C)(=O)=O. The number of nitrogens with one attached hydrogen (secondary N) is 1. The number of aryl methyl sites for hydroxylation is 1. The lowest BCUT2D eigenvalue weighted by Crippen LogP contribution is -2.45. The van der Waals surface area contributed by atoms with Crippen molar-refractivity contribution in [1.82, 2.24) is 9.62 Å². The normalized spacial score (nSPS) is 16.8. The second kappa shape index (κ2) is 8.62. The van der Waals surface area contributed by atoms with Crippen LogP contribution in [0.5, 0.6) is 0 Å². The maximum Gasteiger partial charge on any atom is 0.235 e. The van der Waals surface area contributed by atoms with Crippen LogP contribution in [-0.4, -0.2) is 37.5 Å². The van der Waals surface area contributed by atoms with Crippen molar-refractivity contribution in [3.63, 3.8) is 0 Å². The Morgan fingerprint density at radius 2 is 1.79 bits per heavy atom. The molecule has 24 heavy (non-hydrogen) atoms. The molecule has 1 aromatic carbocycles. The van der Waals surface area contributed by atoms with Crippen LogP contribution in [0.4, 0.5) is 0 Å². The average molecular weight is 353 g/mol. The highest BCUT2D eigenvalue weighted by molar-refractivity contribution is 7.88. The summed E-state index contributed by atoms with van der Waals surface area (Å²) in [6.45, 7) is 2.33. The third-order valence-electron chi connectivity index (χ3n) is 4.69. The van der Waals surface area contributed by atoms with Gasteiger partial charge in [0.1, 0.15) is 0 Å². The summed E-state index contributed by atoms with van der Waals surface area (Å²) in [4.78, 5) is 12.3. The zero-order valence-electron chi connectivity index (χ0n) is 14.6. The van der Waals surface area contributed by atoms with Crippen LogP contribution in [0.3, 0.4) is 0 Å². The van der Waals surface area contributed by atoms with E-state index >= 15 is 0 Å². The quantitative estimate of drug-likeness (QED) is 0.800. The first-order valence-corrected chi connectivity index (χ1v) is 10.5. The predicted octanol–water partition coefficient (Wildman–Crippen LogP) is 2.60. The Hall–Kier alpha value is -1.40. The molecule has 1 saturated carbocycles. The molecule has 134 valence electrons. The predicted molar refractivity (Wildman–Crippen MR) is 96.1 cm³/mol. The van der Waals surface area contributed by atoms with Crippen molar-refractivity contribution in [3.05, 3.63) is 35.4 Å².